The quantitative estimate of drug-likeness (QED) is 0.210. The molecular weight excluding hydrogens is 545 g/mol. The van der Waals surface area contributed by atoms with E-state index in [0.29, 0.717) is 6.07 Å². The van der Waals surface area contributed by atoms with Crippen molar-refractivity contribution in [1.82, 2.24) is 0 Å². The van der Waals surface area contributed by atoms with Gasteiger partial charge in [0.25, 0.3) is 0 Å². The average Bonchev–Trinajstić information content (AvgIpc) is 2.92. The zero-order chi connectivity index (χ0) is 29.9. The third-order valence-electron chi connectivity index (χ3n) is 6.25. The fraction of sp³-hybridized carbons (Fsp3) is 0.161. The molecule has 0 bridgehead atoms. The van der Waals surface area contributed by atoms with Crippen LogP contribution in [0.5, 0.6) is 5.75 Å². The number of amides is 1. The fourth-order valence-corrected chi connectivity index (χ4v) is 4.11. The number of hydrogen-bond donors (Lipinski definition) is 2. The van der Waals surface area contributed by atoms with Gasteiger partial charge in [-0.05, 0) is 59.2 Å². The fourth-order valence-electron chi connectivity index (χ4n) is 4.11. The maximum atomic E-state index is 14.2. The Balaban J connectivity index is 1.84. The van der Waals surface area contributed by atoms with E-state index in [1.807, 2.05) is 0 Å². The summed E-state index contributed by atoms with van der Waals surface area (Å²) in [6.45, 7) is 2.95. The molecule has 41 heavy (non-hydrogen) atoms. The topological polar surface area (TPSA) is 75.6 Å². The maximum absolute atomic E-state index is 14.2. The minimum absolute atomic E-state index is 0.0160. The summed E-state index contributed by atoms with van der Waals surface area (Å²) >= 11 is 0. The number of rotatable bonds is 8. The Morgan fingerprint density at radius 2 is 1.54 bits per heavy atom. The van der Waals surface area contributed by atoms with Gasteiger partial charge in [0.1, 0.15) is 24.0 Å². The number of hydrogen-bond acceptors (Lipinski definition) is 3. The number of carboxylic acid groups (broad SMARTS) is 1. The summed E-state index contributed by atoms with van der Waals surface area (Å²) in [4.78, 5) is 24.4. The van der Waals surface area contributed by atoms with Crippen molar-refractivity contribution in [2.75, 3.05) is 5.32 Å². The van der Waals surface area contributed by atoms with Crippen molar-refractivity contribution < 1.29 is 41.4 Å². The average molecular weight is 570 g/mol. The van der Waals surface area contributed by atoms with Gasteiger partial charge in [-0.25, -0.2) is 13.6 Å². The molecule has 0 saturated heterocycles. The smallest absolute Gasteiger partial charge is 0.416 e. The Hall–Kier alpha value is -4.73. The van der Waals surface area contributed by atoms with Gasteiger partial charge in [0.15, 0.2) is 0 Å². The van der Waals surface area contributed by atoms with Gasteiger partial charge in [0.2, 0.25) is 5.91 Å². The number of halogens is 5. The largest absolute Gasteiger partial charge is 0.488 e. The molecule has 0 saturated carbocycles. The lowest BCUT2D eigenvalue weighted by Crippen LogP contribution is -2.18. The lowest BCUT2D eigenvalue weighted by Gasteiger charge is -2.19. The number of alkyl halides is 3. The molecule has 0 unspecified atom stereocenters. The van der Waals surface area contributed by atoms with Crippen molar-refractivity contribution in [2.24, 2.45) is 5.92 Å². The zero-order valence-corrected chi connectivity index (χ0v) is 21.9. The van der Waals surface area contributed by atoms with Crippen molar-refractivity contribution >= 4 is 17.6 Å². The number of carbonyl (C=O) groups excluding carboxylic acids is 1. The third-order valence-corrected chi connectivity index (χ3v) is 6.25. The van der Waals surface area contributed by atoms with Crippen LogP contribution in [0, 0.1) is 17.6 Å². The van der Waals surface area contributed by atoms with E-state index >= 15 is 0 Å². The Labute approximate surface area is 232 Å². The van der Waals surface area contributed by atoms with Gasteiger partial charge in [0, 0.05) is 28.8 Å². The molecule has 4 aromatic carbocycles. The highest BCUT2D eigenvalue weighted by atomic mass is 19.4. The molecule has 4 rings (SSSR count). The highest BCUT2D eigenvalue weighted by molar-refractivity contribution is 6.02. The van der Waals surface area contributed by atoms with Gasteiger partial charge in [-0.1, -0.05) is 44.2 Å². The number of carbonyl (C=O) groups is 2. The number of benzene rings is 4. The molecule has 0 aromatic heterocycles. The first-order chi connectivity index (χ1) is 19.3. The molecule has 10 heteroatoms. The highest BCUT2D eigenvalue weighted by Gasteiger charge is 2.32. The van der Waals surface area contributed by atoms with Crippen molar-refractivity contribution in [1.29, 1.82) is 0 Å². The van der Waals surface area contributed by atoms with E-state index < -0.39 is 36.0 Å². The van der Waals surface area contributed by atoms with Crippen LogP contribution >= 0.6 is 0 Å². The van der Waals surface area contributed by atoms with Crippen LogP contribution in [0.1, 0.15) is 35.3 Å². The van der Waals surface area contributed by atoms with E-state index in [-0.39, 0.29) is 56.6 Å². The van der Waals surface area contributed by atoms with Crippen LogP contribution in [0.3, 0.4) is 0 Å². The molecule has 5 nitrogen and oxygen atoms in total. The zero-order valence-electron chi connectivity index (χ0n) is 21.9. The SMILES string of the molecule is CC(C)C(=O)Nc1ccc(-c2ccccc2-c2cc(C(F)(F)F)ccc2OCc2ccc(F)cc2F)c(C(=O)O)c1. The summed E-state index contributed by atoms with van der Waals surface area (Å²) in [6.07, 6.45) is -4.70. The monoisotopic (exact) mass is 569 g/mol. The molecule has 0 radical (unpaired) electrons. The third kappa shape index (κ3) is 6.71. The number of carboxylic acids is 1. The molecule has 212 valence electrons. The van der Waals surface area contributed by atoms with Crippen molar-refractivity contribution in [3.63, 3.8) is 0 Å². The molecule has 4 aromatic rings. The van der Waals surface area contributed by atoms with Crippen LogP contribution in [0.15, 0.2) is 78.9 Å². The van der Waals surface area contributed by atoms with E-state index in [1.54, 1.807) is 32.0 Å². The molecule has 2 N–H and O–H groups in total. The van der Waals surface area contributed by atoms with Gasteiger partial charge in [-0.2, -0.15) is 13.2 Å². The Morgan fingerprint density at radius 3 is 2.15 bits per heavy atom. The van der Waals surface area contributed by atoms with Crippen LogP contribution in [-0.4, -0.2) is 17.0 Å². The normalized spacial score (nSPS) is 11.4. The summed E-state index contributed by atoms with van der Waals surface area (Å²) in [5.74, 6) is -3.70. The molecule has 0 aliphatic rings. The maximum Gasteiger partial charge on any atom is 0.416 e. The summed E-state index contributed by atoms with van der Waals surface area (Å²) in [7, 11) is 0. The van der Waals surface area contributed by atoms with Gasteiger partial charge in [-0.15, -0.1) is 0 Å². The first-order valence-corrected chi connectivity index (χ1v) is 12.4. The first-order valence-electron chi connectivity index (χ1n) is 12.4. The Bertz CT molecular complexity index is 1610. The second kappa shape index (κ2) is 11.8. The van der Waals surface area contributed by atoms with Crippen LogP contribution in [0.2, 0.25) is 0 Å². The van der Waals surface area contributed by atoms with Crippen LogP contribution in [0.25, 0.3) is 22.3 Å². The Morgan fingerprint density at radius 1 is 0.854 bits per heavy atom. The second-order valence-electron chi connectivity index (χ2n) is 9.49. The minimum Gasteiger partial charge on any atom is -0.488 e. The summed E-state index contributed by atoms with van der Waals surface area (Å²) in [5.41, 5.74) is -0.285. The second-order valence-corrected chi connectivity index (χ2v) is 9.49. The van der Waals surface area contributed by atoms with Crippen molar-refractivity contribution in [3.05, 3.63) is 107 Å². The summed E-state index contributed by atoms with van der Waals surface area (Å²) < 4.78 is 74.4. The van der Waals surface area contributed by atoms with E-state index in [1.165, 1.54) is 30.3 Å². The molecule has 0 aliphatic heterocycles. The number of aromatic carboxylic acids is 1. The first kappa shape index (κ1) is 29.3. The molecule has 1 amide bonds. The van der Waals surface area contributed by atoms with Crippen LogP contribution in [0.4, 0.5) is 27.6 Å². The number of anilines is 1. The van der Waals surface area contributed by atoms with E-state index in [2.05, 4.69) is 5.32 Å². The number of ether oxygens (including phenoxy) is 1. The Kier molecular flexibility index (Phi) is 8.41. The van der Waals surface area contributed by atoms with E-state index in [4.69, 9.17) is 4.74 Å². The van der Waals surface area contributed by atoms with E-state index in [9.17, 15) is 36.6 Å². The van der Waals surface area contributed by atoms with Crippen molar-refractivity contribution in [3.8, 4) is 28.0 Å². The highest BCUT2D eigenvalue weighted by Crippen LogP contribution is 2.42. The molecule has 0 fully saturated rings. The van der Waals surface area contributed by atoms with Gasteiger partial charge < -0.3 is 15.2 Å². The van der Waals surface area contributed by atoms with Gasteiger partial charge in [0.05, 0.1) is 11.1 Å². The molecular formula is C31H24F5NO4. The lowest BCUT2D eigenvalue weighted by atomic mass is 9.90. The predicted octanol–water partition coefficient (Wildman–Crippen LogP) is 8.19. The number of nitrogens with one attached hydrogen (secondary N) is 1. The molecule has 0 atom stereocenters. The summed E-state index contributed by atoms with van der Waals surface area (Å²) in [6, 6.07) is 16.1. The molecule has 0 aliphatic carbocycles. The standard InChI is InChI=1S/C31H24F5NO4/c1-17(2)29(38)37-21-10-11-24(26(15-21)30(39)40)22-5-3-4-6-23(22)25-13-19(31(34,35)36)8-12-28(25)41-16-18-7-9-20(32)14-27(18)33/h3-15,17H,16H2,1-2H3,(H,37,38)(H,39,40). The summed E-state index contributed by atoms with van der Waals surface area (Å²) in [5, 5.41) is 12.6. The van der Waals surface area contributed by atoms with Crippen LogP contribution in [-0.2, 0) is 17.6 Å². The molecule has 0 spiro atoms. The lowest BCUT2D eigenvalue weighted by molar-refractivity contribution is -0.137. The van der Waals surface area contributed by atoms with Gasteiger partial charge >= 0.3 is 12.1 Å². The van der Waals surface area contributed by atoms with Crippen molar-refractivity contribution in [2.45, 2.75) is 26.6 Å². The predicted molar refractivity (Wildman–Crippen MR) is 143 cm³/mol. The van der Waals surface area contributed by atoms with E-state index in [0.717, 1.165) is 24.3 Å². The van der Waals surface area contributed by atoms with Gasteiger partial charge in [-0.3, -0.25) is 4.79 Å². The minimum atomic E-state index is -4.70. The van der Waals surface area contributed by atoms with Crippen LogP contribution < -0.4 is 10.1 Å². The molecule has 0 heterocycles.